The molecule has 92 valence electrons. The molecule has 0 spiro atoms. The molecule has 0 unspecified atom stereocenters. The van der Waals surface area contributed by atoms with Gasteiger partial charge in [-0.1, -0.05) is 0 Å². The Bertz CT molecular complexity index is 451. The lowest BCUT2D eigenvalue weighted by molar-refractivity contribution is 0.455. The number of hydrogen-bond donors (Lipinski definition) is 1. The predicted molar refractivity (Wildman–Crippen MR) is 59.5 cm³/mol. The van der Waals surface area contributed by atoms with E-state index in [1.165, 1.54) is 10.9 Å². The van der Waals surface area contributed by atoms with Crippen LogP contribution in [0.4, 0.5) is 0 Å². The molecule has 1 aromatic heterocycles. The lowest BCUT2D eigenvalue weighted by atomic mass is 10.2. The fourth-order valence-electron chi connectivity index (χ4n) is 1.11. The molecular formula is C8H17N5O2S. The van der Waals surface area contributed by atoms with Crippen molar-refractivity contribution in [1.29, 1.82) is 0 Å². The summed E-state index contributed by atoms with van der Waals surface area (Å²) in [4.78, 5) is 0. The Morgan fingerprint density at radius 3 is 2.56 bits per heavy atom. The zero-order valence-electron chi connectivity index (χ0n) is 9.93. The van der Waals surface area contributed by atoms with Gasteiger partial charge in [0.1, 0.15) is 0 Å². The summed E-state index contributed by atoms with van der Waals surface area (Å²) in [5, 5.41) is 14.1. The van der Waals surface area contributed by atoms with E-state index in [0.717, 1.165) is 0 Å². The molecule has 0 aliphatic rings. The number of sulfone groups is 1. The van der Waals surface area contributed by atoms with E-state index in [2.05, 4.69) is 20.8 Å². The zero-order chi connectivity index (χ0) is 12.4. The molecule has 1 rings (SSSR count). The largest absolute Gasteiger partial charge is 0.313 e. The van der Waals surface area contributed by atoms with Crippen molar-refractivity contribution >= 4 is 9.84 Å². The molecule has 16 heavy (non-hydrogen) atoms. The molecule has 0 aromatic carbocycles. The molecule has 0 bridgehead atoms. The van der Waals surface area contributed by atoms with E-state index in [9.17, 15) is 8.42 Å². The summed E-state index contributed by atoms with van der Waals surface area (Å²) >= 11 is 0. The number of nitrogens with zero attached hydrogens (tertiary/aromatic N) is 4. The first-order chi connectivity index (χ1) is 7.28. The van der Waals surface area contributed by atoms with Gasteiger partial charge in [-0.15, -0.1) is 5.10 Å². The summed E-state index contributed by atoms with van der Waals surface area (Å²) < 4.78 is 23.7. The molecule has 0 fully saturated rings. The fraction of sp³-hybridized carbons (Fsp3) is 0.875. The molecule has 0 atom stereocenters. The lowest BCUT2D eigenvalue weighted by Gasteiger charge is -2.22. The van der Waals surface area contributed by atoms with Gasteiger partial charge in [-0.05, 0) is 31.3 Å². The normalized spacial score (nSPS) is 13.0. The number of tetrazole rings is 1. The average molecular weight is 247 g/mol. The molecule has 0 amide bonds. The Balaban J connectivity index is 2.92. The monoisotopic (exact) mass is 247 g/mol. The van der Waals surface area contributed by atoms with Gasteiger partial charge in [0, 0.05) is 6.26 Å². The van der Waals surface area contributed by atoms with Crippen molar-refractivity contribution < 1.29 is 8.42 Å². The summed E-state index contributed by atoms with van der Waals surface area (Å²) in [6, 6.07) is 0. The van der Waals surface area contributed by atoms with Gasteiger partial charge in [-0.3, -0.25) is 0 Å². The minimum Gasteiger partial charge on any atom is -0.313 e. The summed E-state index contributed by atoms with van der Waals surface area (Å²) in [5.41, 5.74) is 0. The second kappa shape index (κ2) is 4.46. The number of nitrogens with one attached hydrogen (secondary N) is 1. The Labute approximate surface area is 95.1 Å². The van der Waals surface area contributed by atoms with Crippen LogP contribution in [0.2, 0.25) is 0 Å². The van der Waals surface area contributed by atoms with E-state index >= 15 is 0 Å². The van der Waals surface area contributed by atoms with Gasteiger partial charge in [-0.25, -0.2) is 13.1 Å². The molecular weight excluding hydrogens is 230 g/mol. The standard InChI is InChI=1S/C8H17N5O2S/c1-8(2,16(4,14)15)6-13-7(5-9-3)10-11-12-13/h9H,5-6H2,1-4H3. The van der Waals surface area contributed by atoms with Gasteiger partial charge in [0.05, 0.1) is 17.8 Å². The van der Waals surface area contributed by atoms with Crippen LogP contribution in [-0.4, -0.2) is 46.7 Å². The van der Waals surface area contributed by atoms with Gasteiger partial charge in [0.25, 0.3) is 0 Å². The zero-order valence-corrected chi connectivity index (χ0v) is 10.7. The molecule has 1 heterocycles. The first kappa shape index (κ1) is 13.0. The maximum Gasteiger partial charge on any atom is 0.165 e. The molecule has 0 aliphatic heterocycles. The van der Waals surface area contributed by atoms with E-state index in [0.29, 0.717) is 12.4 Å². The van der Waals surface area contributed by atoms with Crippen molar-refractivity contribution in [3.8, 4) is 0 Å². The van der Waals surface area contributed by atoms with Crippen LogP contribution >= 0.6 is 0 Å². The van der Waals surface area contributed by atoms with Crippen molar-refractivity contribution in [3.05, 3.63) is 5.82 Å². The molecule has 0 saturated heterocycles. The Kier molecular flexibility index (Phi) is 3.64. The van der Waals surface area contributed by atoms with Crippen LogP contribution in [0.1, 0.15) is 19.7 Å². The van der Waals surface area contributed by atoms with Gasteiger partial charge < -0.3 is 5.32 Å². The van der Waals surface area contributed by atoms with Crippen molar-refractivity contribution in [1.82, 2.24) is 25.5 Å². The van der Waals surface area contributed by atoms with E-state index in [1.54, 1.807) is 20.9 Å². The molecule has 0 aliphatic carbocycles. The van der Waals surface area contributed by atoms with E-state index in [-0.39, 0.29) is 6.54 Å². The molecule has 8 heteroatoms. The van der Waals surface area contributed by atoms with Crippen LogP contribution in [0.25, 0.3) is 0 Å². The van der Waals surface area contributed by atoms with Gasteiger partial charge >= 0.3 is 0 Å². The minimum atomic E-state index is -3.15. The third kappa shape index (κ3) is 2.76. The van der Waals surface area contributed by atoms with Crippen LogP contribution in [-0.2, 0) is 22.9 Å². The van der Waals surface area contributed by atoms with Crippen LogP contribution in [0, 0.1) is 0 Å². The molecule has 1 aromatic rings. The number of hydrogen-bond acceptors (Lipinski definition) is 6. The first-order valence-electron chi connectivity index (χ1n) is 4.87. The summed E-state index contributed by atoms with van der Waals surface area (Å²) in [5.74, 6) is 0.624. The van der Waals surface area contributed by atoms with E-state index < -0.39 is 14.6 Å². The Hall–Kier alpha value is -1.02. The summed E-state index contributed by atoms with van der Waals surface area (Å²) in [6.07, 6.45) is 1.22. The van der Waals surface area contributed by atoms with Crippen molar-refractivity contribution in [2.45, 2.75) is 31.7 Å². The molecule has 0 saturated carbocycles. The van der Waals surface area contributed by atoms with Crippen molar-refractivity contribution in [2.75, 3.05) is 13.3 Å². The molecule has 7 nitrogen and oxygen atoms in total. The van der Waals surface area contributed by atoms with Gasteiger partial charge in [-0.2, -0.15) is 0 Å². The number of rotatable bonds is 5. The summed E-state index contributed by atoms with van der Waals surface area (Å²) in [7, 11) is -1.37. The molecule has 1 N–H and O–H groups in total. The Morgan fingerprint density at radius 1 is 1.44 bits per heavy atom. The SMILES string of the molecule is CNCc1nnnn1CC(C)(C)S(C)(=O)=O. The van der Waals surface area contributed by atoms with Crippen LogP contribution in [0.3, 0.4) is 0 Å². The maximum absolute atomic E-state index is 11.6. The first-order valence-corrected chi connectivity index (χ1v) is 6.76. The third-order valence-electron chi connectivity index (χ3n) is 2.48. The molecule has 0 radical (unpaired) electrons. The minimum absolute atomic E-state index is 0.246. The Morgan fingerprint density at radius 2 is 2.06 bits per heavy atom. The van der Waals surface area contributed by atoms with E-state index in [4.69, 9.17) is 0 Å². The number of aromatic nitrogens is 4. The topological polar surface area (TPSA) is 89.8 Å². The highest BCUT2D eigenvalue weighted by Gasteiger charge is 2.31. The van der Waals surface area contributed by atoms with Crippen LogP contribution in [0.15, 0.2) is 0 Å². The second-order valence-electron chi connectivity index (χ2n) is 4.31. The van der Waals surface area contributed by atoms with Crippen LogP contribution in [0.5, 0.6) is 0 Å². The highest BCUT2D eigenvalue weighted by atomic mass is 32.2. The lowest BCUT2D eigenvalue weighted by Crippen LogP contribution is -2.37. The van der Waals surface area contributed by atoms with Gasteiger partial charge in [0.2, 0.25) is 0 Å². The second-order valence-corrected chi connectivity index (χ2v) is 6.96. The third-order valence-corrected chi connectivity index (χ3v) is 4.61. The quantitative estimate of drug-likeness (QED) is 0.734. The van der Waals surface area contributed by atoms with Crippen molar-refractivity contribution in [3.63, 3.8) is 0 Å². The average Bonchev–Trinajstić information content (AvgIpc) is 2.51. The smallest absolute Gasteiger partial charge is 0.165 e. The van der Waals surface area contributed by atoms with Crippen LogP contribution < -0.4 is 5.32 Å². The fourth-order valence-corrected chi connectivity index (χ4v) is 1.47. The highest BCUT2D eigenvalue weighted by Crippen LogP contribution is 2.17. The maximum atomic E-state index is 11.6. The highest BCUT2D eigenvalue weighted by molar-refractivity contribution is 7.92. The predicted octanol–water partition coefficient (Wildman–Crippen LogP) is -0.784. The summed E-state index contributed by atoms with van der Waals surface area (Å²) in [6.45, 7) is 4.07. The van der Waals surface area contributed by atoms with E-state index in [1.807, 2.05) is 0 Å². The van der Waals surface area contributed by atoms with Gasteiger partial charge in [0.15, 0.2) is 15.7 Å². The van der Waals surface area contributed by atoms with Crippen molar-refractivity contribution in [2.24, 2.45) is 0 Å².